The van der Waals surface area contributed by atoms with Crippen molar-refractivity contribution in [3.63, 3.8) is 0 Å². The molecule has 0 aromatic carbocycles. The molecule has 9 nitrogen and oxygen atoms in total. The number of alkyl halides is 3. The Morgan fingerprint density at radius 3 is 2.43 bits per heavy atom. The number of carbonyl (C=O) groups is 2. The average molecular weight is 488 g/mol. The molecule has 3 saturated heterocycles. The molecule has 0 radical (unpaired) electrons. The number of fused-ring (bicyclic) bond motifs is 3. The molecule has 1 aliphatic carbocycles. The van der Waals surface area contributed by atoms with Gasteiger partial charge in [0.2, 0.25) is 5.91 Å². The topological polar surface area (TPSA) is 136 Å². The van der Waals surface area contributed by atoms with Gasteiger partial charge in [-0.15, -0.1) is 0 Å². The lowest BCUT2D eigenvalue weighted by Gasteiger charge is -2.42. The van der Waals surface area contributed by atoms with Gasteiger partial charge in [-0.05, 0) is 50.2 Å². The first-order valence-corrected chi connectivity index (χ1v) is 11.5. The number of aromatic nitrogens is 1. The molecule has 5 rings (SSSR count). The van der Waals surface area contributed by atoms with Crippen LogP contribution in [0.1, 0.15) is 44.1 Å². The lowest BCUT2D eigenvalue weighted by Crippen LogP contribution is -2.58. The molecule has 1 aromatic heterocycles. The summed E-state index contributed by atoms with van der Waals surface area (Å²) in [4.78, 5) is 32.6. The number of esters is 1. The van der Waals surface area contributed by atoms with Crippen molar-refractivity contribution < 1.29 is 27.5 Å². The first-order chi connectivity index (χ1) is 16.6. The summed E-state index contributed by atoms with van der Waals surface area (Å²) >= 11 is 0. The lowest BCUT2D eigenvalue weighted by atomic mass is 9.84. The molecule has 0 spiro atoms. The molecule has 2 bridgehead atoms. The van der Waals surface area contributed by atoms with Crippen LogP contribution in [0.3, 0.4) is 0 Å². The van der Waals surface area contributed by atoms with Gasteiger partial charge in [-0.2, -0.15) is 23.7 Å². The Kier molecular flexibility index (Phi) is 5.40. The Bertz CT molecular complexity index is 1120. The highest BCUT2D eigenvalue weighted by atomic mass is 19.4. The molecule has 1 amide bonds. The second-order valence-electron chi connectivity index (χ2n) is 9.79. The van der Waals surface area contributed by atoms with Crippen LogP contribution in [0.25, 0.3) is 0 Å². The molecule has 6 atom stereocenters. The highest BCUT2D eigenvalue weighted by Gasteiger charge is 2.72. The predicted octanol–water partition coefficient (Wildman–Crippen LogP) is 1.97. The Morgan fingerprint density at radius 1 is 1.20 bits per heavy atom. The lowest BCUT2D eigenvalue weighted by molar-refractivity contribution is -0.217. The zero-order chi connectivity index (χ0) is 25.1. The number of hydrogen-bond acceptors (Lipinski definition) is 8. The Labute approximate surface area is 199 Å². The molecule has 2 unspecified atom stereocenters. The summed E-state index contributed by atoms with van der Waals surface area (Å²) in [6, 6.07) is 5.62. The fraction of sp³-hybridized carbons (Fsp3) is 0.609. The molecule has 4 aliphatic rings. The number of nitrogens with zero attached hydrogens (tertiary/aromatic N) is 5. The summed E-state index contributed by atoms with van der Waals surface area (Å²) in [5.41, 5.74) is 5.10. The minimum absolute atomic E-state index is 0.0690. The van der Waals surface area contributed by atoms with Crippen LogP contribution in [0.2, 0.25) is 0 Å². The smallest absolute Gasteiger partial charge is 0.432 e. The van der Waals surface area contributed by atoms with E-state index in [1.54, 1.807) is 12.1 Å². The summed E-state index contributed by atoms with van der Waals surface area (Å²) in [5, 5.41) is 18.5. The summed E-state index contributed by atoms with van der Waals surface area (Å²) in [6.07, 6.45) is -0.557. The summed E-state index contributed by atoms with van der Waals surface area (Å²) in [6.45, 7) is 0. The van der Waals surface area contributed by atoms with Crippen molar-refractivity contribution in [2.75, 3.05) is 4.90 Å². The number of nitrogens with two attached hydrogens (primary N) is 1. The zero-order valence-corrected chi connectivity index (χ0v) is 18.6. The molecule has 184 valence electrons. The Hall–Kier alpha value is -3.38. The molecule has 2 N–H and O–H groups in total. The minimum atomic E-state index is -5.20. The van der Waals surface area contributed by atoms with Crippen LogP contribution in [0.15, 0.2) is 18.3 Å². The SMILES string of the molecule is N#Cc1ccc(N2C3CCC2CC([C@H](N)C(=O)N2[C@H](C#N)C[C@@H]4C[C@]42OC(=O)C(F)(F)F)C3)nc1. The van der Waals surface area contributed by atoms with Gasteiger partial charge >= 0.3 is 12.1 Å². The number of halogens is 3. The second kappa shape index (κ2) is 8.09. The maximum absolute atomic E-state index is 13.5. The van der Waals surface area contributed by atoms with Gasteiger partial charge in [-0.25, -0.2) is 9.78 Å². The first-order valence-electron chi connectivity index (χ1n) is 11.5. The number of anilines is 1. The largest absolute Gasteiger partial charge is 0.491 e. The predicted molar refractivity (Wildman–Crippen MR) is 113 cm³/mol. The summed E-state index contributed by atoms with van der Waals surface area (Å²) < 4.78 is 43.4. The molecule has 4 fully saturated rings. The Balaban J connectivity index is 1.32. The van der Waals surface area contributed by atoms with Crippen LogP contribution in [0, 0.1) is 34.5 Å². The van der Waals surface area contributed by atoms with E-state index in [1.807, 2.05) is 12.1 Å². The number of hydrogen-bond donors (Lipinski definition) is 1. The van der Waals surface area contributed by atoms with E-state index in [0.717, 1.165) is 23.6 Å². The van der Waals surface area contributed by atoms with Crippen molar-refractivity contribution >= 4 is 17.7 Å². The highest BCUT2D eigenvalue weighted by Crippen LogP contribution is 2.59. The minimum Gasteiger partial charge on any atom is -0.432 e. The first kappa shape index (κ1) is 23.4. The van der Waals surface area contributed by atoms with Crippen LogP contribution < -0.4 is 10.6 Å². The average Bonchev–Trinajstić information content (AvgIpc) is 3.33. The third-order valence-corrected chi connectivity index (χ3v) is 7.84. The van der Waals surface area contributed by atoms with Crippen LogP contribution in [-0.2, 0) is 14.3 Å². The van der Waals surface area contributed by atoms with Crippen molar-refractivity contribution in [3.05, 3.63) is 23.9 Å². The number of ether oxygens (including phenoxy) is 1. The van der Waals surface area contributed by atoms with Gasteiger partial charge in [-0.3, -0.25) is 9.69 Å². The van der Waals surface area contributed by atoms with Gasteiger partial charge in [0.1, 0.15) is 17.9 Å². The standard InChI is InChI=1S/C23H23F3N6O3/c24-23(25,26)21(34)35-22-8-14(22)7-17(10-28)32(22)20(33)19(29)13-5-15-2-3-16(6-13)31(15)18-4-1-12(9-27)11-30-18/h1,4,11,13-17,19H,2-3,5-8,29H2/t13?,14-,15?,16?,17+,19+,22+/m1/s1. The van der Waals surface area contributed by atoms with Crippen LogP contribution in [0.4, 0.5) is 19.0 Å². The van der Waals surface area contributed by atoms with Gasteiger partial charge < -0.3 is 15.4 Å². The Morgan fingerprint density at radius 2 is 1.89 bits per heavy atom. The zero-order valence-electron chi connectivity index (χ0n) is 18.6. The molecule has 35 heavy (non-hydrogen) atoms. The third-order valence-electron chi connectivity index (χ3n) is 7.84. The molecular weight excluding hydrogens is 465 g/mol. The van der Waals surface area contributed by atoms with Crippen molar-refractivity contribution in [2.45, 2.75) is 74.6 Å². The van der Waals surface area contributed by atoms with Gasteiger partial charge in [0, 0.05) is 30.6 Å². The molecule has 1 saturated carbocycles. The highest BCUT2D eigenvalue weighted by molar-refractivity contribution is 5.85. The fourth-order valence-electron chi connectivity index (χ4n) is 6.19. The molecule has 1 aromatic rings. The van der Waals surface area contributed by atoms with E-state index in [2.05, 4.69) is 9.88 Å². The van der Waals surface area contributed by atoms with Crippen molar-refractivity contribution in [3.8, 4) is 12.1 Å². The quantitative estimate of drug-likeness (QED) is 0.636. The fourth-order valence-corrected chi connectivity index (χ4v) is 6.19. The number of carbonyl (C=O) groups excluding carboxylic acids is 2. The van der Waals surface area contributed by atoms with E-state index >= 15 is 0 Å². The number of pyridine rings is 1. The second-order valence-corrected chi connectivity index (χ2v) is 9.79. The number of rotatable bonds is 4. The van der Waals surface area contributed by atoms with Gasteiger partial charge in [0.15, 0.2) is 5.72 Å². The van der Waals surface area contributed by atoms with E-state index in [-0.39, 0.29) is 30.8 Å². The van der Waals surface area contributed by atoms with Crippen LogP contribution in [0.5, 0.6) is 0 Å². The molecule has 3 aliphatic heterocycles. The van der Waals surface area contributed by atoms with E-state index in [4.69, 9.17) is 15.7 Å². The molecule has 4 heterocycles. The van der Waals surface area contributed by atoms with E-state index in [1.165, 1.54) is 6.20 Å². The van der Waals surface area contributed by atoms with Gasteiger partial charge in [-0.1, -0.05) is 0 Å². The van der Waals surface area contributed by atoms with Gasteiger partial charge in [0.25, 0.3) is 0 Å². The van der Waals surface area contributed by atoms with Crippen molar-refractivity contribution in [2.24, 2.45) is 17.6 Å². The van der Waals surface area contributed by atoms with E-state index in [9.17, 15) is 28.0 Å². The van der Waals surface area contributed by atoms with E-state index in [0.29, 0.717) is 18.4 Å². The number of amides is 1. The monoisotopic (exact) mass is 488 g/mol. The van der Waals surface area contributed by atoms with Crippen molar-refractivity contribution in [1.82, 2.24) is 9.88 Å². The van der Waals surface area contributed by atoms with Crippen LogP contribution >= 0.6 is 0 Å². The number of likely N-dealkylation sites (tertiary alicyclic amines) is 1. The normalized spacial score (nSPS) is 33.9. The molecule has 12 heteroatoms. The molecular formula is C23H23F3N6O3. The van der Waals surface area contributed by atoms with Crippen LogP contribution in [-0.4, -0.2) is 57.8 Å². The maximum atomic E-state index is 13.5. The maximum Gasteiger partial charge on any atom is 0.491 e. The third kappa shape index (κ3) is 3.76. The number of piperidine rings is 2. The van der Waals surface area contributed by atoms with Crippen molar-refractivity contribution in [1.29, 1.82) is 10.5 Å². The summed E-state index contributed by atoms with van der Waals surface area (Å²) in [7, 11) is 0. The van der Waals surface area contributed by atoms with E-state index < -0.39 is 41.8 Å². The van der Waals surface area contributed by atoms with Gasteiger partial charge in [0.05, 0.1) is 17.7 Å². The summed E-state index contributed by atoms with van der Waals surface area (Å²) in [5.74, 6) is -3.03. The number of nitriles is 2.